The second-order valence-electron chi connectivity index (χ2n) is 5.91. The van der Waals surface area contributed by atoms with Crippen molar-refractivity contribution < 1.29 is 14.5 Å². The monoisotopic (exact) mass is 398 g/mol. The number of hydrogen-bond donors (Lipinski definition) is 0. The zero-order valence-corrected chi connectivity index (χ0v) is 16.4. The van der Waals surface area contributed by atoms with Crippen LogP contribution in [0.1, 0.15) is 39.9 Å². The lowest BCUT2D eigenvalue weighted by atomic mass is 10.1. The van der Waals surface area contributed by atoms with Crippen molar-refractivity contribution in [3.05, 3.63) is 68.2 Å². The number of thiazole rings is 1. The van der Waals surface area contributed by atoms with Gasteiger partial charge in [-0.1, -0.05) is 6.08 Å². The molecule has 0 saturated carbocycles. The van der Waals surface area contributed by atoms with Crippen molar-refractivity contribution in [2.45, 2.75) is 20.8 Å². The minimum Gasteiger partial charge on any atom is -0.462 e. The molecule has 0 radical (unpaired) electrons. The highest BCUT2D eigenvalue weighted by atomic mass is 32.1. The molecule has 3 heterocycles. The average molecular weight is 398 g/mol. The molecule has 0 N–H and O–H groups in total. The van der Waals surface area contributed by atoms with Crippen molar-refractivity contribution in [1.82, 2.24) is 14.5 Å². The maximum atomic E-state index is 12.2. The molecule has 0 unspecified atom stereocenters. The maximum Gasteiger partial charge on any atom is 0.340 e. The molecular weight excluding hydrogens is 380 g/mol. The number of carbonyl (C=O) groups is 1. The minimum absolute atomic E-state index is 0.0565. The van der Waals surface area contributed by atoms with E-state index < -0.39 is 10.9 Å². The highest BCUT2D eigenvalue weighted by molar-refractivity contribution is 7.12. The summed E-state index contributed by atoms with van der Waals surface area (Å²) in [6.07, 6.45) is 6.36. The number of carbonyl (C=O) groups excluding carboxylic acids is 1. The molecule has 0 aromatic carbocycles. The topological polar surface area (TPSA) is 100 Å². The number of aryl methyl sites for hydroxylation is 1. The molecule has 0 spiro atoms. The number of hydrogen-bond acceptors (Lipinski definition) is 7. The number of pyridine rings is 1. The van der Waals surface area contributed by atoms with Gasteiger partial charge in [0, 0.05) is 29.0 Å². The Morgan fingerprint density at radius 2 is 2.11 bits per heavy atom. The SMILES string of the molecule is CCOC(=O)c1cc([N+](=O)[O-])cnc1/C=C/c1cc(C)n(-c2nccs2)c1C. The van der Waals surface area contributed by atoms with E-state index in [1.165, 1.54) is 17.4 Å². The number of ether oxygens (including phenoxy) is 1. The van der Waals surface area contributed by atoms with Crippen LogP contribution >= 0.6 is 11.3 Å². The number of esters is 1. The zero-order valence-electron chi connectivity index (χ0n) is 15.6. The van der Waals surface area contributed by atoms with Crippen LogP contribution in [0.25, 0.3) is 17.3 Å². The first kappa shape index (κ1) is 19.4. The van der Waals surface area contributed by atoms with Gasteiger partial charge in [-0.25, -0.2) is 14.8 Å². The van der Waals surface area contributed by atoms with E-state index in [1.54, 1.807) is 19.2 Å². The van der Waals surface area contributed by atoms with Gasteiger partial charge in [-0.2, -0.15) is 0 Å². The first-order chi connectivity index (χ1) is 13.4. The van der Waals surface area contributed by atoms with Crippen LogP contribution in [0.4, 0.5) is 5.69 Å². The Morgan fingerprint density at radius 3 is 2.75 bits per heavy atom. The summed E-state index contributed by atoms with van der Waals surface area (Å²) in [6.45, 7) is 5.80. The highest BCUT2D eigenvalue weighted by Crippen LogP contribution is 2.24. The molecule has 9 heteroatoms. The maximum absolute atomic E-state index is 12.2. The van der Waals surface area contributed by atoms with E-state index in [-0.39, 0.29) is 17.9 Å². The Kier molecular flexibility index (Phi) is 5.65. The van der Waals surface area contributed by atoms with Crippen LogP contribution in [0, 0.1) is 24.0 Å². The van der Waals surface area contributed by atoms with Crippen molar-refractivity contribution in [3.8, 4) is 5.13 Å². The first-order valence-corrected chi connectivity index (χ1v) is 9.38. The van der Waals surface area contributed by atoms with Crippen molar-refractivity contribution in [3.63, 3.8) is 0 Å². The van der Waals surface area contributed by atoms with E-state index in [1.807, 2.05) is 35.9 Å². The van der Waals surface area contributed by atoms with Gasteiger partial charge in [0.1, 0.15) is 6.20 Å². The summed E-state index contributed by atoms with van der Waals surface area (Å²) in [7, 11) is 0. The largest absolute Gasteiger partial charge is 0.462 e. The standard InChI is InChI=1S/C19H18N4O4S/c1-4-27-18(24)16-10-15(23(25)26)11-21-17(16)6-5-14-9-12(2)22(13(14)3)19-20-7-8-28-19/h5-11H,4H2,1-3H3/b6-5+. The Hall–Kier alpha value is -3.33. The van der Waals surface area contributed by atoms with Crippen LogP contribution in [0.5, 0.6) is 0 Å². The van der Waals surface area contributed by atoms with Gasteiger partial charge in [0.15, 0.2) is 5.13 Å². The van der Waals surface area contributed by atoms with E-state index in [2.05, 4.69) is 9.97 Å². The van der Waals surface area contributed by atoms with Gasteiger partial charge in [-0.15, -0.1) is 11.3 Å². The molecule has 0 amide bonds. The Labute approximate surface area is 165 Å². The van der Waals surface area contributed by atoms with Gasteiger partial charge in [-0.3, -0.25) is 14.7 Å². The van der Waals surface area contributed by atoms with Crippen LogP contribution in [0.2, 0.25) is 0 Å². The first-order valence-electron chi connectivity index (χ1n) is 8.50. The second kappa shape index (κ2) is 8.13. The Morgan fingerprint density at radius 1 is 1.32 bits per heavy atom. The molecule has 28 heavy (non-hydrogen) atoms. The van der Waals surface area contributed by atoms with Crippen molar-refractivity contribution in [2.75, 3.05) is 6.61 Å². The lowest BCUT2D eigenvalue weighted by Gasteiger charge is -2.05. The summed E-state index contributed by atoms with van der Waals surface area (Å²) >= 11 is 1.54. The Bertz CT molecular complexity index is 1050. The number of aromatic nitrogens is 3. The fourth-order valence-electron chi connectivity index (χ4n) is 2.82. The molecule has 0 atom stereocenters. The molecule has 0 saturated heterocycles. The molecule has 144 valence electrons. The third-order valence-electron chi connectivity index (χ3n) is 4.11. The van der Waals surface area contributed by atoms with E-state index in [0.717, 1.165) is 28.3 Å². The third kappa shape index (κ3) is 3.84. The predicted octanol–water partition coefficient (Wildman–Crippen LogP) is 4.20. The molecule has 0 aliphatic heterocycles. The molecule has 3 aromatic heterocycles. The lowest BCUT2D eigenvalue weighted by molar-refractivity contribution is -0.385. The van der Waals surface area contributed by atoms with Gasteiger partial charge in [0.05, 0.1) is 22.8 Å². The van der Waals surface area contributed by atoms with Crippen LogP contribution < -0.4 is 0 Å². The summed E-state index contributed by atoms with van der Waals surface area (Å²) in [4.78, 5) is 31.0. The van der Waals surface area contributed by atoms with Crippen molar-refractivity contribution in [2.24, 2.45) is 0 Å². The van der Waals surface area contributed by atoms with Crippen LogP contribution in [-0.4, -0.2) is 32.0 Å². The van der Waals surface area contributed by atoms with E-state index in [4.69, 9.17) is 4.74 Å². The van der Waals surface area contributed by atoms with Gasteiger partial charge < -0.3 is 4.74 Å². The van der Waals surface area contributed by atoms with Crippen molar-refractivity contribution >= 4 is 35.1 Å². The van der Waals surface area contributed by atoms with Gasteiger partial charge >= 0.3 is 5.97 Å². The van der Waals surface area contributed by atoms with E-state index in [0.29, 0.717) is 5.69 Å². The average Bonchev–Trinajstić information content (AvgIpc) is 3.27. The molecule has 0 fully saturated rings. The quantitative estimate of drug-likeness (QED) is 0.350. The lowest BCUT2D eigenvalue weighted by Crippen LogP contribution is -2.08. The number of rotatable bonds is 6. The normalized spacial score (nSPS) is 11.1. The van der Waals surface area contributed by atoms with Gasteiger partial charge in [-0.05, 0) is 38.5 Å². The molecule has 3 rings (SSSR count). The molecule has 3 aromatic rings. The Balaban J connectivity index is 2.00. The number of nitro groups is 1. The molecule has 0 bridgehead atoms. The van der Waals surface area contributed by atoms with Crippen LogP contribution in [-0.2, 0) is 4.74 Å². The minimum atomic E-state index is -0.647. The summed E-state index contributed by atoms with van der Waals surface area (Å²) in [5.41, 5.74) is 3.05. The molecule has 8 nitrogen and oxygen atoms in total. The predicted molar refractivity (Wildman–Crippen MR) is 107 cm³/mol. The molecule has 0 aliphatic rings. The fourth-order valence-corrected chi connectivity index (χ4v) is 3.57. The van der Waals surface area contributed by atoms with E-state index >= 15 is 0 Å². The zero-order chi connectivity index (χ0) is 20.3. The van der Waals surface area contributed by atoms with Gasteiger partial charge in [0.2, 0.25) is 0 Å². The second-order valence-corrected chi connectivity index (χ2v) is 6.79. The van der Waals surface area contributed by atoms with Crippen LogP contribution in [0.3, 0.4) is 0 Å². The smallest absolute Gasteiger partial charge is 0.340 e. The van der Waals surface area contributed by atoms with Crippen LogP contribution in [0.15, 0.2) is 29.9 Å². The molecular formula is C19H18N4O4S. The number of nitrogens with zero attached hydrogens (tertiary/aromatic N) is 4. The highest BCUT2D eigenvalue weighted by Gasteiger charge is 2.18. The van der Waals surface area contributed by atoms with Crippen molar-refractivity contribution in [1.29, 1.82) is 0 Å². The summed E-state index contributed by atoms with van der Waals surface area (Å²) in [5, 5.41) is 13.8. The van der Waals surface area contributed by atoms with Gasteiger partial charge in [0.25, 0.3) is 5.69 Å². The summed E-state index contributed by atoms with van der Waals surface area (Å²) < 4.78 is 7.05. The summed E-state index contributed by atoms with van der Waals surface area (Å²) in [5.74, 6) is -0.647. The fraction of sp³-hybridized carbons (Fsp3) is 0.211. The summed E-state index contributed by atoms with van der Waals surface area (Å²) in [6, 6.07) is 3.19. The third-order valence-corrected chi connectivity index (χ3v) is 4.87. The molecule has 0 aliphatic carbocycles. The van der Waals surface area contributed by atoms with E-state index in [9.17, 15) is 14.9 Å².